The molecule has 0 atom stereocenters. The minimum Gasteiger partial charge on any atom is -0.380 e. The highest BCUT2D eigenvalue weighted by Crippen LogP contribution is 2.42. The topological polar surface area (TPSA) is 53.4 Å². The second-order valence-corrected chi connectivity index (χ2v) is 9.15. The van der Waals surface area contributed by atoms with E-state index in [1.54, 1.807) is 11.3 Å². The first-order valence-electron chi connectivity index (χ1n) is 10.0. The summed E-state index contributed by atoms with van der Waals surface area (Å²) in [5.41, 5.74) is 1.12. The Kier molecular flexibility index (Phi) is 5.08. The van der Waals surface area contributed by atoms with Crippen LogP contribution in [0.1, 0.15) is 61.2 Å². The number of likely N-dealkylation sites (tertiary alicyclic amines) is 1. The Hall–Kier alpha value is -1.72. The Morgan fingerprint density at radius 3 is 2.33 bits per heavy atom. The third kappa shape index (κ3) is 3.43. The number of thiazole rings is 1. The van der Waals surface area contributed by atoms with Crippen LogP contribution < -0.4 is 0 Å². The molecule has 1 saturated heterocycles. The molecule has 144 valence electrons. The van der Waals surface area contributed by atoms with E-state index in [1.165, 1.54) is 5.56 Å². The number of hydrogen-bond donors (Lipinski definition) is 1. The van der Waals surface area contributed by atoms with Gasteiger partial charge in [0.1, 0.15) is 5.60 Å². The number of carbonyl (C=O) groups excluding carboxylic acids is 1. The lowest BCUT2D eigenvalue weighted by Gasteiger charge is -2.44. The van der Waals surface area contributed by atoms with Crippen LogP contribution in [-0.4, -0.2) is 39.6 Å². The number of amides is 1. The van der Waals surface area contributed by atoms with Crippen LogP contribution in [0.15, 0.2) is 35.7 Å². The van der Waals surface area contributed by atoms with Crippen LogP contribution in [-0.2, 0) is 10.2 Å². The standard InChI is InChI=1S/C22H28N2O2S/c1-17-23-19(16-27-17)21(18-8-4-2-5-9-18)12-14-24(15-13-21)20(25)22(26)10-6-3-7-11-22/h2,4-5,8-9,16,26H,3,6-7,10-15H2,1H3. The monoisotopic (exact) mass is 384 g/mol. The van der Waals surface area contributed by atoms with Crippen molar-refractivity contribution in [2.24, 2.45) is 0 Å². The average Bonchev–Trinajstić information content (AvgIpc) is 3.15. The number of aryl methyl sites for hydroxylation is 1. The molecule has 2 heterocycles. The van der Waals surface area contributed by atoms with E-state index in [0.717, 1.165) is 42.8 Å². The summed E-state index contributed by atoms with van der Waals surface area (Å²) in [6, 6.07) is 10.6. The molecule has 1 saturated carbocycles. The summed E-state index contributed by atoms with van der Waals surface area (Å²) >= 11 is 1.69. The van der Waals surface area contributed by atoms with E-state index >= 15 is 0 Å². The van der Waals surface area contributed by atoms with Gasteiger partial charge in [-0.1, -0.05) is 49.6 Å². The first-order valence-corrected chi connectivity index (χ1v) is 10.9. The highest BCUT2D eigenvalue weighted by atomic mass is 32.1. The first-order chi connectivity index (χ1) is 13.0. The molecule has 2 aliphatic rings. The number of aliphatic hydroxyl groups is 1. The molecule has 0 unspecified atom stereocenters. The molecule has 1 aliphatic heterocycles. The zero-order chi connectivity index (χ0) is 18.9. The number of hydrogen-bond acceptors (Lipinski definition) is 4. The van der Waals surface area contributed by atoms with Crippen molar-refractivity contribution in [1.29, 1.82) is 0 Å². The Morgan fingerprint density at radius 1 is 1.07 bits per heavy atom. The lowest BCUT2D eigenvalue weighted by molar-refractivity contribution is -0.156. The Bertz CT molecular complexity index is 788. The highest BCUT2D eigenvalue weighted by Gasteiger charge is 2.45. The summed E-state index contributed by atoms with van der Waals surface area (Å²) in [4.78, 5) is 19.7. The second kappa shape index (κ2) is 7.36. The second-order valence-electron chi connectivity index (χ2n) is 8.08. The van der Waals surface area contributed by atoms with Crippen LogP contribution >= 0.6 is 11.3 Å². The van der Waals surface area contributed by atoms with Crippen molar-refractivity contribution in [3.8, 4) is 0 Å². The van der Waals surface area contributed by atoms with Crippen molar-refractivity contribution in [3.63, 3.8) is 0 Å². The van der Waals surface area contributed by atoms with E-state index in [0.29, 0.717) is 25.9 Å². The molecule has 27 heavy (non-hydrogen) atoms. The maximum absolute atomic E-state index is 13.0. The van der Waals surface area contributed by atoms with E-state index in [4.69, 9.17) is 4.98 Å². The number of carbonyl (C=O) groups is 1. The molecular formula is C22H28N2O2S. The molecule has 1 aromatic heterocycles. The Balaban J connectivity index is 1.58. The molecule has 5 heteroatoms. The maximum atomic E-state index is 13.0. The first kappa shape index (κ1) is 18.6. The molecule has 2 aromatic rings. The molecule has 1 N–H and O–H groups in total. The fourth-order valence-electron chi connectivity index (χ4n) is 4.77. The van der Waals surface area contributed by atoms with Crippen LogP contribution in [0, 0.1) is 6.92 Å². The molecule has 1 aliphatic carbocycles. The highest BCUT2D eigenvalue weighted by molar-refractivity contribution is 7.09. The predicted octanol–water partition coefficient (Wildman–Crippen LogP) is 4.06. The van der Waals surface area contributed by atoms with Gasteiger partial charge in [0.15, 0.2) is 0 Å². The van der Waals surface area contributed by atoms with Gasteiger partial charge < -0.3 is 10.0 Å². The summed E-state index contributed by atoms with van der Waals surface area (Å²) in [7, 11) is 0. The van der Waals surface area contributed by atoms with Gasteiger partial charge in [-0.15, -0.1) is 11.3 Å². The van der Waals surface area contributed by atoms with E-state index in [1.807, 2.05) is 17.9 Å². The number of piperidine rings is 1. The van der Waals surface area contributed by atoms with Crippen LogP contribution in [0.3, 0.4) is 0 Å². The molecular weight excluding hydrogens is 356 g/mol. The number of benzene rings is 1. The van der Waals surface area contributed by atoms with Gasteiger partial charge in [0, 0.05) is 23.9 Å². The van der Waals surface area contributed by atoms with E-state index in [2.05, 4.69) is 29.6 Å². The van der Waals surface area contributed by atoms with Crippen molar-refractivity contribution in [2.45, 2.75) is 62.9 Å². The summed E-state index contributed by atoms with van der Waals surface area (Å²) in [5, 5.41) is 14.1. The van der Waals surface area contributed by atoms with Gasteiger partial charge in [-0.05, 0) is 38.2 Å². The third-order valence-corrected chi connectivity index (χ3v) is 7.19. The van der Waals surface area contributed by atoms with Gasteiger partial charge >= 0.3 is 0 Å². The molecule has 4 nitrogen and oxygen atoms in total. The van der Waals surface area contributed by atoms with Gasteiger partial charge in [-0.3, -0.25) is 4.79 Å². The van der Waals surface area contributed by atoms with Crippen molar-refractivity contribution < 1.29 is 9.90 Å². The molecule has 0 bridgehead atoms. The van der Waals surface area contributed by atoms with Crippen LogP contribution in [0.4, 0.5) is 0 Å². The molecule has 1 aromatic carbocycles. The zero-order valence-corrected chi connectivity index (χ0v) is 16.8. The SMILES string of the molecule is Cc1nc(C2(c3ccccc3)CCN(C(=O)C3(O)CCCCC3)CC2)cs1. The van der Waals surface area contributed by atoms with E-state index in [9.17, 15) is 9.90 Å². The maximum Gasteiger partial charge on any atom is 0.254 e. The number of rotatable bonds is 3. The quantitative estimate of drug-likeness (QED) is 0.868. The largest absolute Gasteiger partial charge is 0.380 e. The predicted molar refractivity (Wildman–Crippen MR) is 108 cm³/mol. The Morgan fingerprint density at radius 2 is 1.74 bits per heavy atom. The molecule has 2 fully saturated rings. The fourth-order valence-corrected chi connectivity index (χ4v) is 5.48. The van der Waals surface area contributed by atoms with E-state index < -0.39 is 5.60 Å². The van der Waals surface area contributed by atoms with Crippen LogP contribution in [0.5, 0.6) is 0 Å². The summed E-state index contributed by atoms with van der Waals surface area (Å²) < 4.78 is 0. The van der Waals surface area contributed by atoms with Crippen molar-refractivity contribution >= 4 is 17.2 Å². The molecule has 1 amide bonds. The van der Waals surface area contributed by atoms with Crippen molar-refractivity contribution in [2.75, 3.05) is 13.1 Å². The summed E-state index contributed by atoms with van der Waals surface area (Å²) in [5.74, 6) is -0.0571. The minimum atomic E-state index is -1.14. The summed E-state index contributed by atoms with van der Waals surface area (Å²) in [6.45, 7) is 3.39. The lowest BCUT2D eigenvalue weighted by atomic mass is 9.70. The van der Waals surface area contributed by atoms with Gasteiger partial charge in [-0.2, -0.15) is 0 Å². The third-order valence-electron chi connectivity index (χ3n) is 6.42. The number of aromatic nitrogens is 1. The number of nitrogens with zero attached hydrogens (tertiary/aromatic N) is 2. The smallest absolute Gasteiger partial charge is 0.254 e. The summed E-state index contributed by atoms with van der Waals surface area (Å²) in [6.07, 6.45) is 5.93. The Labute approximate surface area is 165 Å². The molecule has 0 radical (unpaired) electrons. The van der Waals surface area contributed by atoms with Gasteiger partial charge in [-0.25, -0.2) is 4.98 Å². The fraction of sp³-hybridized carbons (Fsp3) is 0.545. The van der Waals surface area contributed by atoms with Crippen LogP contribution in [0.25, 0.3) is 0 Å². The van der Waals surface area contributed by atoms with Crippen molar-refractivity contribution in [3.05, 3.63) is 52.0 Å². The normalized spacial score (nSPS) is 21.8. The van der Waals surface area contributed by atoms with Gasteiger partial charge in [0.25, 0.3) is 5.91 Å². The molecule has 0 spiro atoms. The average molecular weight is 385 g/mol. The zero-order valence-electron chi connectivity index (χ0n) is 16.0. The lowest BCUT2D eigenvalue weighted by Crippen LogP contribution is -2.54. The van der Waals surface area contributed by atoms with E-state index in [-0.39, 0.29) is 11.3 Å². The van der Waals surface area contributed by atoms with Crippen molar-refractivity contribution in [1.82, 2.24) is 9.88 Å². The van der Waals surface area contributed by atoms with Gasteiger partial charge in [0.2, 0.25) is 0 Å². The molecule has 4 rings (SSSR count). The minimum absolute atomic E-state index is 0.0571. The van der Waals surface area contributed by atoms with Crippen LogP contribution in [0.2, 0.25) is 0 Å². The van der Waals surface area contributed by atoms with Gasteiger partial charge in [0.05, 0.1) is 10.7 Å².